The van der Waals surface area contributed by atoms with Crippen LogP contribution in [0.25, 0.3) is 0 Å². The Bertz CT molecular complexity index is 417. The Morgan fingerprint density at radius 3 is 2.18 bits per heavy atom. The standard InChI is InChI=1S/C16H23N/c1-12-9-7-8-10-14(12)17-13(2)15(3,4)11-16(17,5)6/h7-10H,2,11H2,1,3-6H3. The van der Waals surface area contributed by atoms with Crippen LogP contribution in [0.4, 0.5) is 5.69 Å². The van der Waals surface area contributed by atoms with Crippen molar-refractivity contribution in [2.75, 3.05) is 4.90 Å². The molecule has 92 valence electrons. The third-order valence-corrected chi connectivity index (χ3v) is 3.89. The molecule has 1 aliphatic rings. The van der Waals surface area contributed by atoms with Crippen molar-refractivity contribution in [3.8, 4) is 0 Å². The van der Waals surface area contributed by atoms with Crippen molar-refractivity contribution in [2.45, 2.75) is 46.6 Å². The van der Waals surface area contributed by atoms with E-state index in [0.717, 1.165) is 6.42 Å². The van der Waals surface area contributed by atoms with Crippen LogP contribution in [-0.4, -0.2) is 5.54 Å². The van der Waals surface area contributed by atoms with Crippen molar-refractivity contribution in [1.82, 2.24) is 0 Å². The van der Waals surface area contributed by atoms with Crippen molar-refractivity contribution in [3.05, 3.63) is 42.8 Å². The molecular weight excluding hydrogens is 206 g/mol. The van der Waals surface area contributed by atoms with E-state index in [9.17, 15) is 0 Å². The first kappa shape index (κ1) is 12.5. The number of rotatable bonds is 1. The van der Waals surface area contributed by atoms with Crippen LogP contribution in [0, 0.1) is 25.3 Å². The average Bonchev–Trinajstić information content (AvgIpc) is 2.34. The summed E-state index contributed by atoms with van der Waals surface area (Å²) in [6, 6.07) is 9.80. The van der Waals surface area contributed by atoms with Gasteiger partial charge >= 0.3 is 0 Å². The van der Waals surface area contributed by atoms with E-state index in [1.54, 1.807) is 0 Å². The monoisotopic (exact) mass is 229 g/mol. The van der Waals surface area contributed by atoms with Crippen LogP contribution in [0.2, 0.25) is 0 Å². The van der Waals surface area contributed by atoms with Gasteiger partial charge in [0.2, 0.25) is 0 Å². The van der Waals surface area contributed by atoms with Gasteiger partial charge in [0, 0.05) is 11.2 Å². The minimum absolute atomic E-state index is 0.146. The van der Waals surface area contributed by atoms with Gasteiger partial charge < -0.3 is 4.90 Å². The largest absolute Gasteiger partial charge is 0.358 e. The Balaban J connectivity index is 2.48. The van der Waals surface area contributed by atoms with Gasteiger partial charge in [-0.05, 0) is 51.2 Å². The number of hydrogen-bond acceptors (Lipinski definition) is 1. The first-order valence-corrected chi connectivity index (χ1v) is 6.31. The fourth-order valence-corrected chi connectivity index (χ4v) is 3.22. The summed E-state index contributed by atoms with van der Waals surface area (Å²) in [5.74, 6) is 0. The molecule has 2 rings (SSSR count). The summed E-state index contributed by atoms with van der Waals surface area (Å²) in [4.78, 5) is 2.42. The van der Waals surface area contributed by atoms with Crippen LogP contribution in [0.3, 0.4) is 0 Å². The molecule has 1 aliphatic heterocycles. The SMILES string of the molecule is [CH2][C]1N(c2ccccc2C)C(C)(C)CC1(C)C. The van der Waals surface area contributed by atoms with Crippen molar-refractivity contribution in [2.24, 2.45) is 5.41 Å². The van der Waals surface area contributed by atoms with Crippen molar-refractivity contribution < 1.29 is 0 Å². The maximum Gasteiger partial charge on any atom is 0.0696 e. The number of aryl methyl sites for hydroxylation is 1. The zero-order valence-corrected chi connectivity index (χ0v) is 11.7. The lowest BCUT2D eigenvalue weighted by atomic mass is 9.82. The van der Waals surface area contributed by atoms with E-state index in [4.69, 9.17) is 0 Å². The zero-order chi connectivity index (χ0) is 12.8. The van der Waals surface area contributed by atoms with Gasteiger partial charge in [-0.25, -0.2) is 0 Å². The van der Waals surface area contributed by atoms with Gasteiger partial charge in [0.25, 0.3) is 0 Å². The second-order valence-corrected chi connectivity index (χ2v) is 6.44. The van der Waals surface area contributed by atoms with Crippen LogP contribution >= 0.6 is 0 Å². The predicted molar refractivity (Wildman–Crippen MR) is 74.7 cm³/mol. The summed E-state index contributed by atoms with van der Waals surface area (Å²) in [6.45, 7) is 15.7. The lowest BCUT2D eigenvalue weighted by Gasteiger charge is -2.38. The molecule has 1 heteroatoms. The molecule has 1 saturated heterocycles. The zero-order valence-electron chi connectivity index (χ0n) is 11.7. The second-order valence-electron chi connectivity index (χ2n) is 6.44. The summed E-state index contributed by atoms with van der Waals surface area (Å²) in [7, 11) is 0. The Hall–Kier alpha value is -0.980. The predicted octanol–water partition coefficient (Wildman–Crippen LogP) is 4.38. The molecule has 2 radical (unpaired) electrons. The molecule has 1 fully saturated rings. The van der Waals surface area contributed by atoms with Gasteiger partial charge in [-0.3, -0.25) is 0 Å². The molecule has 0 atom stereocenters. The Kier molecular flexibility index (Phi) is 2.76. The molecule has 1 aromatic carbocycles. The topological polar surface area (TPSA) is 3.24 Å². The highest BCUT2D eigenvalue weighted by Gasteiger charge is 2.49. The molecule has 0 spiro atoms. The number of benzene rings is 1. The summed E-state index contributed by atoms with van der Waals surface area (Å²) in [6.07, 6.45) is 1.15. The maximum atomic E-state index is 4.33. The highest BCUT2D eigenvalue weighted by atomic mass is 15.3. The van der Waals surface area contributed by atoms with Crippen LogP contribution in [-0.2, 0) is 0 Å². The highest BCUT2D eigenvalue weighted by molar-refractivity contribution is 5.61. The average molecular weight is 229 g/mol. The molecule has 0 N–H and O–H groups in total. The molecule has 0 saturated carbocycles. The van der Waals surface area contributed by atoms with Gasteiger partial charge in [0.1, 0.15) is 0 Å². The molecule has 0 bridgehead atoms. The van der Waals surface area contributed by atoms with Crippen LogP contribution < -0.4 is 4.90 Å². The van der Waals surface area contributed by atoms with E-state index >= 15 is 0 Å². The first-order valence-electron chi connectivity index (χ1n) is 6.31. The summed E-state index contributed by atoms with van der Waals surface area (Å²) < 4.78 is 0. The van der Waals surface area contributed by atoms with Gasteiger partial charge in [0.05, 0.1) is 6.04 Å². The molecule has 0 unspecified atom stereocenters. The fraction of sp³-hybridized carbons (Fsp3) is 0.500. The second kappa shape index (κ2) is 3.76. The van der Waals surface area contributed by atoms with Gasteiger partial charge in [-0.1, -0.05) is 32.0 Å². The Morgan fingerprint density at radius 1 is 1.12 bits per heavy atom. The minimum Gasteiger partial charge on any atom is -0.358 e. The van der Waals surface area contributed by atoms with E-state index in [-0.39, 0.29) is 11.0 Å². The van der Waals surface area contributed by atoms with E-state index in [2.05, 4.69) is 70.7 Å². The van der Waals surface area contributed by atoms with Crippen molar-refractivity contribution in [3.63, 3.8) is 0 Å². The third-order valence-electron chi connectivity index (χ3n) is 3.89. The summed E-state index contributed by atoms with van der Waals surface area (Å²) in [5, 5.41) is 0. The van der Waals surface area contributed by atoms with E-state index < -0.39 is 0 Å². The molecule has 0 aromatic heterocycles. The van der Waals surface area contributed by atoms with E-state index in [1.165, 1.54) is 17.3 Å². The highest BCUT2D eigenvalue weighted by Crippen LogP contribution is 2.52. The number of nitrogens with zero attached hydrogens (tertiary/aromatic N) is 1. The normalized spacial score (nSPS) is 23.1. The molecule has 0 amide bonds. The number of anilines is 1. The van der Waals surface area contributed by atoms with Crippen molar-refractivity contribution >= 4 is 5.69 Å². The van der Waals surface area contributed by atoms with Gasteiger partial charge in [-0.15, -0.1) is 0 Å². The van der Waals surface area contributed by atoms with Crippen molar-refractivity contribution in [1.29, 1.82) is 0 Å². The molecule has 1 nitrogen and oxygen atoms in total. The smallest absolute Gasteiger partial charge is 0.0696 e. The quantitative estimate of drug-likeness (QED) is 0.691. The first-order chi connectivity index (χ1) is 7.76. The molecule has 0 aliphatic carbocycles. The molecule has 17 heavy (non-hydrogen) atoms. The molecule has 1 heterocycles. The van der Waals surface area contributed by atoms with Crippen LogP contribution in [0.1, 0.15) is 39.7 Å². The van der Waals surface area contributed by atoms with E-state index in [0.29, 0.717) is 0 Å². The molecule has 1 aromatic rings. The summed E-state index contributed by atoms with van der Waals surface area (Å²) in [5.41, 5.74) is 2.95. The van der Waals surface area contributed by atoms with Crippen LogP contribution in [0.5, 0.6) is 0 Å². The van der Waals surface area contributed by atoms with Gasteiger partial charge in [-0.2, -0.15) is 0 Å². The Morgan fingerprint density at radius 2 is 1.71 bits per heavy atom. The Labute approximate surface area is 106 Å². The van der Waals surface area contributed by atoms with E-state index in [1.807, 2.05) is 0 Å². The lowest BCUT2D eigenvalue weighted by Crippen LogP contribution is -2.39. The lowest BCUT2D eigenvalue weighted by molar-refractivity contribution is 0.378. The van der Waals surface area contributed by atoms with Gasteiger partial charge in [0.15, 0.2) is 0 Å². The molecular formula is C16H23N. The minimum atomic E-state index is 0.146. The summed E-state index contributed by atoms with van der Waals surface area (Å²) >= 11 is 0. The number of para-hydroxylation sites is 1. The maximum absolute atomic E-state index is 4.33. The third kappa shape index (κ3) is 1.96. The van der Waals surface area contributed by atoms with Crippen LogP contribution in [0.15, 0.2) is 24.3 Å². The number of hydrogen-bond donors (Lipinski definition) is 0. The fourth-order valence-electron chi connectivity index (χ4n) is 3.22.